The van der Waals surface area contributed by atoms with Gasteiger partial charge in [0, 0.05) is 5.56 Å². The molecule has 0 unspecified atom stereocenters. The molecule has 1 aromatic carbocycles. The molecule has 0 spiro atoms. The minimum Gasteiger partial charge on any atom is -0.288 e. The first-order valence-corrected chi connectivity index (χ1v) is 8.25. The lowest BCUT2D eigenvalue weighted by atomic mass is 10.1. The van der Waals surface area contributed by atoms with Crippen molar-refractivity contribution in [1.82, 2.24) is 0 Å². The maximum atomic E-state index is 12.2. The van der Waals surface area contributed by atoms with Gasteiger partial charge in [-0.25, -0.2) is 8.78 Å². The number of carbonyl (C=O) groups is 1. The average Bonchev–Trinajstić information content (AvgIpc) is 2.15. The first-order chi connectivity index (χ1) is 6.82. The van der Waals surface area contributed by atoms with E-state index < -0.39 is 20.3 Å². The van der Waals surface area contributed by atoms with Crippen LogP contribution >= 0.6 is 0 Å². The Balaban J connectivity index is 3.09. The van der Waals surface area contributed by atoms with Gasteiger partial charge in [0.25, 0.3) is 0 Å². The quantitative estimate of drug-likeness (QED) is 0.574. The van der Waals surface area contributed by atoms with Crippen molar-refractivity contribution >= 4 is 19.0 Å². The van der Waals surface area contributed by atoms with E-state index in [1.165, 1.54) is 6.07 Å². The second kappa shape index (κ2) is 4.22. The van der Waals surface area contributed by atoms with Gasteiger partial charge < -0.3 is 0 Å². The SMILES string of the molecule is C[Si](C)(C)c1cccc(C(=O)C(F)F)c1. The highest BCUT2D eigenvalue weighted by Gasteiger charge is 2.21. The van der Waals surface area contributed by atoms with E-state index in [0.29, 0.717) is 0 Å². The highest BCUT2D eigenvalue weighted by atomic mass is 28.3. The zero-order valence-electron chi connectivity index (χ0n) is 9.05. The van der Waals surface area contributed by atoms with Gasteiger partial charge in [0.15, 0.2) is 0 Å². The van der Waals surface area contributed by atoms with Crippen LogP contribution in [0, 0.1) is 0 Å². The lowest BCUT2D eigenvalue weighted by Crippen LogP contribution is -2.38. The van der Waals surface area contributed by atoms with Crippen molar-refractivity contribution in [1.29, 1.82) is 0 Å². The lowest BCUT2D eigenvalue weighted by molar-refractivity contribution is 0.0679. The van der Waals surface area contributed by atoms with E-state index in [0.717, 1.165) is 5.19 Å². The minimum absolute atomic E-state index is 0.116. The molecule has 0 saturated heterocycles. The molecule has 82 valence electrons. The molecule has 1 aromatic rings. The summed E-state index contributed by atoms with van der Waals surface area (Å²) < 4.78 is 24.4. The molecule has 1 nitrogen and oxygen atoms in total. The molecule has 15 heavy (non-hydrogen) atoms. The van der Waals surface area contributed by atoms with Gasteiger partial charge in [0.1, 0.15) is 0 Å². The van der Waals surface area contributed by atoms with E-state index in [2.05, 4.69) is 19.6 Å². The van der Waals surface area contributed by atoms with Gasteiger partial charge in [0.2, 0.25) is 5.78 Å². The molecule has 0 aliphatic heterocycles. The maximum Gasteiger partial charge on any atom is 0.300 e. The summed E-state index contributed by atoms with van der Waals surface area (Å²) in [6.45, 7) is 6.33. The molecule has 0 saturated carbocycles. The van der Waals surface area contributed by atoms with Crippen LogP contribution in [0.4, 0.5) is 8.78 Å². The van der Waals surface area contributed by atoms with Crippen LogP contribution in [0.15, 0.2) is 24.3 Å². The zero-order valence-corrected chi connectivity index (χ0v) is 10.1. The first-order valence-electron chi connectivity index (χ1n) is 4.75. The predicted molar refractivity (Wildman–Crippen MR) is 59.8 cm³/mol. The third-order valence-corrected chi connectivity index (χ3v) is 4.25. The molecule has 0 bridgehead atoms. The van der Waals surface area contributed by atoms with Gasteiger partial charge in [-0.1, -0.05) is 49.1 Å². The number of ketones is 1. The van der Waals surface area contributed by atoms with Crippen molar-refractivity contribution < 1.29 is 13.6 Å². The Morgan fingerprint density at radius 1 is 1.27 bits per heavy atom. The summed E-state index contributed by atoms with van der Waals surface area (Å²) in [6, 6.07) is 6.61. The van der Waals surface area contributed by atoms with Crippen LogP contribution in [0.1, 0.15) is 10.4 Å². The standard InChI is InChI=1S/C11H14F2OSi/c1-15(2,3)9-6-4-5-8(7-9)10(14)11(12)13/h4-7,11H,1-3H3. The van der Waals surface area contributed by atoms with Gasteiger partial charge in [-0.15, -0.1) is 0 Å². The maximum absolute atomic E-state index is 12.2. The van der Waals surface area contributed by atoms with E-state index in [9.17, 15) is 13.6 Å². The summed E-state index contributed by atoms with van der Waals surface area (Å²) in [5.74, 6) is -1.09. The highest BCUT2D eigenvalue weighted by Crippen LogP contribution is 2.09. The van der Waals surface area contributed by atoms with Crippen LogP contribution in [0.5, 0.6) is 0 Å². The summed E-state index contributed by atoms with van der Waals surface area (Å²) >= 11 is 0. The van der Waals surface area contributed by atoms with Crippen molar-refractivity contribution in [3.8, 4) is 0 Å². The second-order valence-corrected chi connectivity index (χ2v) is 9.57. The molecular weight excluding hydrogens is 214 g/mol. The number of benzene rings is 1. The third kappa shape index (κ3) is 2.96. The van der Waals surface area contributed by atoms with Crippen LogP contribution in [0.25, 0.3) is 0 Å². The van der Waals surface area contributed by atoms with Crippen LogP contribution in [-0.2, 0) is 0 Å². The van der Waals surface area contributed by atoms with Crippen LogP contribution in [0.2, 0.25) is 19.6 Å². The van der Waals surface area contributed by atoms with E-state index in [1.54, 1.807) is 12.1 Å². The number of halogens is 2. The molecule has 0 radical (unpaired) electrons. The van der Waals surface area contributed by atoms with Crippen molar-refractivity contribution in [3.05, 3.63) is 29.8 Å². The molecular formula is C11H14F2OSi. The topological polar surface area (TPSA) is 17.1 Å². The number of rotatable bonds is 3. The fraction of sp³-hybridized carbons (Fsp3) is 0.364. The first kappa shape index (κ1) is 12.0. The van der Waals surface area contributed by atoms with E-state index in [-0.39, 0.29) is 5.56 Å². The number of Topliss-reactive ketones (excluding diaryl/α,β-unsaturated/α-hetero) is 1. The molecule has 0 N–H and O–H groups in total. The summed E-state index contributed by atoms with van der Waals surface area (Å²) in [5.41, 5.74) is 0.116. The monoisotopic (exact) mass is 228 g/mol. The minimum atomic E-state index is -2.91. The Hall–Kier alpha value is -1.03. The molecule has 4 heteroatoms. The van der Waals surface area contributed by atoms with Gasteiger partial charge in [-0.2, -0.15) is 0 Å². The largest absolute Gasteiger partial charge is 0.300 e. The number of hydrogen-bond acceptors (Lipinski definition) is 1. The summed E-state index contributed by atoms with van der Waals surface area (Å²) in [5, 5.41) is 1.02. The molecule has 0 aromatic heterocycles. The van der Waals surface area contributed by atoms with E-state index in [4.69, 9.17) is 0 Å². The third-order valence-electron chi connectivity index (χ3n) is 2.21. The van der Waals surface area contributed by atoms with Gasteiger partial charge in [-0.3, -0.25) is 4.79 Å². The summed E-state index contributed by atoms with van der Waals surface area (Å²) in [6.07, 6.45) is -2.91. The summed E-state index contributed by atoms with van der Waals surface area (Å²) in [7, 11) is -1.54. The van der Waals surface area contributed by atoms with Crippen molar-refractivity contribution in [2.24, 2.45) is 0 Å². The summed E-state index contributed by atoms with van der Waals surface area (Å²) in [4.78, 5) is 11.1. The van der Waals surface area contributed by atoms with Crippen LogP contribution in [0.3, 0.4) is 0 Å². The molecule has 0 fully saturated rings. The number of carbonyl (C=O) groups excluding carboxylic acids is 1. The normalized spacial score (nSPS) is 11.9. The smallest absolute Gasteiger partial charge is 0.288 e. The average molecular weight is 228 g/mol. The number of hydrogen-bond donors (Lipinski definition) is 0. The predicted octanol–water partition coefficient (Wildman–Crippen LogP) is 2.68. The molecule has 0 atom stereocenters. The van der Waals surface area contributed by atoms with Crippen LogP contribution in [-0.4, -0.2) is 20.3 Å². The van der Waals surface area contributed by atoms with E-state index in [1.807, 2.05) is 6.07 Å². The van der Waals surface area contributed by atoms with Gasteiger partial charge >= 0.3 is 6.43 Å². The zero-order chi connectivity index (χ0) is 11.6. The Bertz CT molecular complexity index is 369. The second-order valence-electron chi connectivity index (χ2n) is 4.50. The van der Waals surface area contributed by atoms with E-state index >= 15 is 0 Å². The van der Waals surface area contributed by atoms with Crippen molar-refractivity contribution in [2.75, 3.05) is 0 Å². The number of alkyl halides is 2. The molecule has 0 aliphatic rings. The van der Waals surface area contributed by atoms with Gasteiger partial charge in [0.05, 0.1) is 8.07 Å². The highest BCUT2D eigenvalue weighted by molar-refractivity contribution is 6.88. The molecule has 0 heterocycles. The fourth-order valence-electron chi connectivity index (χ4n) is 1.26. The van der Waals surface area contributed by atoms with Crippen molar-refractivity contribution in [3.63, 3.8) is 0 Å². The Kier molecular flexibility index (Phi) is 3.39. The van der Waals surface area contributed by atoms with Crippen molar-refractivity contribution in [2.45, 2.75) is 26.1 Å². The van der Waals surface area contributed by atoms with Crippen LogP contribution < -0.4 is 5.19 Å². The Morgan fingerprint density at radius 3 is 2.33 bits per heavy atom. The Labute approximate surface area is 89.1 Å². The fourth-order valence-corrected chi connectivity index (χ4v) is 2.45. The molecule has 0 aliphatic carbocycles. The molecule has 1 rings (SSSR count). The Morgan fingerprint density at radius 2 is 1.87 bits per heavy atom. The molecule has 0 amide bonds. The lowest BCUT2D eigenvalue weighted by Gasteiger charge is -2.17. The van der Waals surface area contributed by atoms with Gasteiger partial charge in [-0.05, 0) is 0 Å².